The Hall–Kier alpha value is -2.18. The van der Waals surface area contributed by atoms with Crippen molar-refractivity contribution in [3.05, 3.63) is 46.1 Å². The molecule has 1 aromatic carbocycles. The van der Waals surface area contributed by atoms with Crippen molar-refractivity contribution in [2.45, 2.75) is 65.1 Å². The second-order valence-electron chi connectivity index (χ2n) is 8.28. The van der Waals surface area contributed by atoms with E-state index in [1.165, 1.54) is 12.8 Å². The van der Waals surface area contributed by atoms with Crippen LogP contribution in [0.15, 0.2) is 40.5 Å². The molecular weight excluding hydrogens is 394 g/mol. The zero-order valence-electron chi connectivity index (χ0n) is 18.1. The lowest BCUT2D eigenvalue weighted by molar-refractivity contribution is 0.191. The van der Waals surface area contributed by atoms with Gasteiger partial charge in [0.15, 0.2) is 0 Å². The summed E-state index contributed by atoms with van der Waals surface area (Å²) in [5.74, 6) is 0.880. The molecule has 1 aliphatic rings. The zero-order valence-corrected chi connectivity index (χ0v) is 19.0. The van der Waals surface area contributed by atoms with Gasteiger partial charge in [-0.25, -0.2) is 4.68 Å². The second-order valence-corrected chi connectivity index (χ2v) is 9.20. The van der Waals surface area contributed by atoms with E-state index in [9.17, 15) is 4.79 Å². The van der Waals surface area contributed by atoms with E-state index in [1.807, 2.05) is 35.7 Å². The van der Waals surface area contributed by atoms with Crippen LogP contribution in [0.25, 0.3) is 21.3 Å². The number of aromatic nitrogens is 2. The van der Waals surface area contributed by atoms with E-state index < -0.39 is 0 Å². The zero-order chi connectivity index (χ0) is 21.1. The number of hydrogen-bond acceptors (Lipinski definition) is 5. The first-order valence-corrected chi connectivity index (χ1v) is 11.9. The molecule has 3 heterocycles. The van der Waals surface area contributed by atoms with Gasteiger partial charge in [-0.1, -0.05) is 6.92 Å². The largest absolute Gasteiger partial charge is 0.494 e. The smallest absolute Gasteiger partial charge is 0.275 e. The summed E-state index contributed by atoms with van der Waals surface area (Å²) in [5.41, 5.74) is 1.88. The molecule has 0 bridgehead atoms. The van der Waals surface area contributed by atoms with E-state index in [0.717, 1.165) is 53.1 Å². The summed E-state index contributed by atoms with van der Waals surface area (Å²) >= 11 is 1.57. The standard InChI is InChI=1S/C24H31N3O2S/c1-4-13-27-24(28)21-12-16-30-23(21)22(25-27)19-8-10-20(11-9-19)29-15-5-14-26-17(2)6-7-18(26)3/h8-12,16-18H,4-7,13-15H2,1-3H3/t17-,18?/m1/s1. The van der Waals surface area contributed by atoms with Gasteiger partial charge in [-0.3, -0.25) is 9.69 Å². The van der Waals surface area contributed by atoms with E-state index >= 15 is 0 Å². The Kier molecular flexibility index (Phi) is 6.54. The topological polar surface area (TPSA) is 47.4 Å². The van der Waals surface area contributed by atoms with Gasteiger partial charge in [-0.2, -0.15) is 5.10 Å². The highest BCUT2D eigenvalue weighted by Crippen LogP contribution is 2.30. The molecule has 1 saturated heterocycles. The average molecular weight is 426 g/mol. The summed E-state index contributed by atoms with van der Waals surface area (Å²) in [6.07, 6.45) is 4.53. The van der Waals surface area contributed by atoms with Gasteiger partial charge in [0.1, 0.15) is 11.4 Å². The molecule has 0 radical (unpaired) electrons. The van der Waals surface area contributed by atoms with Crippen LogP contribution in [0.2, 0.25) is 0 Å². The number of likely N-dealkylation sites (tertiary alicyclic amines) is 1. The van der Waals surface area contributed by atoms with Crippen LogP contribution < -0.4 is 10.3 Å². The maximum atomic E-state index is 12.6. The van der Waals surface area contributed by atoms with Gasteiger partial charge in [-0.15, -0.1) is 11.3 Å². The Morgan fingerprint density at radius 1 is 1.10 bits per heavy atom. The van der Waals surface area contributed by atoms with Crippen LogP contribution in [-0.4, -0.2) is 39.9 Å². The molecule has 2 atom stereocenters. The van der Waals surface area contributed by atoms with Gasteiger partial charge in [0.2, 0.25) is 0 Å². The molecule has 3 aromatic rings. The first kappa shape index (κ1) is 21.1. The van der Waals surface area contributed by atoms with Crippen molar-refractivity contribution in [1.29, 1.82) is 0 Å². The lowest BCUT2D eigenvalue weighted by atomic mass is 10.1. The summed E-state index contributed by atoms with van der Waals surface area (Å²) in [7, 11) is 0. The molecule has 0 spiro atoms. The first-order valence-electron chi connectivity index (χ1n) is 11.1. The van der Waals surface area contributed by atoms with Crippen LogP contribution in [-0.2, 0) is 6.54 Å². The minimum Gasteiger partial charge on any atom is -0.494 e. The maximum Gasteiger partial charge on any atom is 0.275 e. The number of fused-ring (bicyclic) bond motifs is 1. The molecule has 1 unspecified atom stereocenters. The Labute approximate surface area is 182 Å². The Bertz CT molecular complexity index is 1030. The molecule has 160 valence electrons. The summed E-state index contributed by atoms with van der Waals surface area (Å²) < 4.78 is 8.53. The van der Waals surface area contributed by atoms with Crippen LogP contribution in [0.5, 0.6) is 5.75 Å². The molecule has 0 N–H and O–H groups in total. The first-order chi connectivity index (χ1) is 14.6. The number of ether oxygens (including phenoxy) is 1. The molecular formula is C24H31N3O2S. The fraction of sp³-hybridized carbons (Fsp3) is 0.500. The molecule has 2 aromatic heterocycles. The number of benzene rings is 1. The minimum absolute atomic E-state index is 0.00144. The van der Waals surface area contributed by atoms with E-state index in [1.54, 1.807) is 16.0 Å². The molecule has 0 saturated carbocycles. The molecule has 30 heavy (non-hydrogen) atoms. The summed E-state index contributed by atoms with van der Waals surface area (Å²) in [4.78, 5) is 15.2. The van der Waals surface area contributed by atoms with Gasteiger partial charge in [0, 0.05) is 30.7 Å². The average Bonchev–Trinajstić information content (AvgIpc) is 3.36. The third-order valence-electron chi connectivity index (χ3n) is 6.09. The fourth-order valence-corrected chi connectivity index (χ4v) is 5.29. The summed E-state index contributed by atoms with van der Waals surface area (Å²) in [6.45, 7) is 9.16. The van der Waals surface area contributed by atoms with E-state index in [-0.39, 0.29) is 5.56 Å². The fourth-order valence-electron chi connectivity index (χ4n) is 4.40. The van der Waals surface area contributed by atoms with Crippen molar-refractivity contribution in [3.8, 4) is 17.0 Å². The van der Waals surface area contributed by atoms with Gasteiger partial charge >= 0.3 is 0 Å². The molecule has 5 nitrogen and oxygen atoms in total. The number of aryl methyl sites for hydroxylation is 1. The van der Waals surface area contributed by atoms with Crippen LogP contribution in [0.4, 0.5) is 0 Å². The lowest BCUT2D eigenvalue weighted by Gasteiger charge is -2.25. The molecule has 6 heteroatoms. The minimum atomic E-state index is -0.00144. The monoisotopic (exact) mass is 425 g/mol. The van der Waals surface area contributed by atoms with Gasteiger partial charge in [0.05, 0.1) is 16.7 Å². The van der Waals surface area contributed by atoms with Gasteiger partial charge in [0.25, 0.3) is 5.56 Å². The molecule has 0 aliphatic carbocycles. The predicted molar refractivity (Wildman–Crippen MR) is 125 cm³/mol. The normalized spacial score (nSPS) is 19.6. The van der Waals surface area contributed by atoms with Gasteiger partial charge < -0.3 is 4.74 Å². The number of nitrogens with zero attached hydrogens (tertiary/aromatic N) is 3. The number of thiophene rings is 1. The Morgan fingerprint density at radius 2 is 1.83 bits per heavy atom. The summed E-state index contributed by atoms with van der Waals surface area (Å²) in [5, 5.41) is 7.38. The highest BCUT2D eigenvalue weighted by molar-refractivity contribution is 7.17. The van der Waals surface area contributed by atoms with Crippen molar-refractivity contribution < 1.29 is 4.74 Å². The quantitative estimate of drug-likeness (QED) is 0.467. The van der Waals surface area contributed by atoms with Crippen LogP contribution in [0.3, 0.4) is 0 Å². The van der Waals surface area contributed by atoms with Crippen LogP contribution >= 0.6 is 11.3 Å². The Balaban J connectivity index is 1.43. The highest BCUT2D eigenvalue weighted by Gasteiger charge is 2.26. The van der Waals surface area contributed by atoms with E-state index in [2.05, 4.69) is 30.8 Å². The second kappa shape index (κ2) is 9.31. The Morgan fingerprint density at radius 3 is 2.53 bits per heavy atom. The third kappa shape index (κ3) is 4.30. The number of rotatable bonds is 8. The van der Waals surface area contributed by atoms with Crippen molar-refractivity contribution >= 4 is 21.4 Å². The lowest BCUT2D eigenvalue weighted by Crippen LogP contribution is -2.34. The van der Waals surface area contributed by atoms with Crippen molar-refractivity contribution in [2.24, 2.45) is 0 Å². The SMILES string of the molecule is CCCn1nc(-c2ccc(OCCCN3C(C)CC[C@H]3C)cc2)c2sccc2c1=O. The molecule has 1 fully saturated rings. The molecule has 1 aliphatic heterocycles. The maximum absolute atomic E-state index is 12.6. The number of hydrogen-bond donors (Lipinski definition) is 0. The van der Waals surface area contributed by atoms with Gasteiger partial charge in [-0.05, 0) is 75.2 Å². The van der Waals surface area contributed by atoms with Crippen LogP contribution in [0.1, 0.15) is 46.5 Å². The molecule has 4 rings (SSSR count). The van der Waals surface area contributed by atoms with E-state index in [4.69, 9.17) is 4.74 Å². The van der Waals surface area contributed by atoms with Crippen molar-refractivity contribution in [3.63, 3.8) is 0 Å². The third-order valence-corrected chi connectivity index (χ3v) is 7.01. The van der Waals surface area contributed by atoms with Crippen molar-refractivity contribution in [2.75, 3.05) is 13.2 Å². The highest BCUT2D eigenvalue weighted by atomic mass is 32.1. The predicted octanol–water partition coefficient (Wildman–Crippen LogP) is 5.18. The molecule has 0 amide bonds. The van der Waals surface area contributed by atoms with Crippen LogP contribution in [0, 0.1) is 0 Å². The summed E-state index contributed by atoms with van der Waals surface area (Å²) in [6, 6.07) is 11.4. The van der Waals surface area contributed by atoms with Crippen molar-refractivity contribution in [1.82, 2.24) is 14.7 Å². The van der Waals surface area contributed by atoms with E-state index in [0.29, 0.717) is 18.6 Å².